The number of carbonyl (C=O) groups is 1. The van der Waals surface area contributed by atoms with Gasteiger partial charge in [0.05, 0.1) is 18.3 Å². The van der Waals surface area contributed by atoms with Gasteiger partial charge in [-0.1, -0.05) is 6.92 Å². The van der Waals surface area contributed by atoms with Gasteiger partial charge in [-0.3, -0.25) is 0 Å². The van der Waals surface area contributed by atoms with Crippen molar-refractivity contribution in [3.8, 4) is 0 Å². The maximum absolute atomic E-state index is 10.9. The molecule has 2 N–H and O–H groups in total. The van der Waals surface area contributed by atoms with Crippen molar-refractivity contribution in [2.24, 2.45) is 0 Å². The Bertz CT molecular complexity index is 790. The molecule has 0 atom stereocenters. The molecule has 0 saturated heterocycles. The highest BCUT2D eigenvalue weighted by Gasteiger charge is 2.10. The van der Waals surface area contributed by atoms with Crippen LogP contribution in [-0.4, -0.2) is 21.0 Å². The number of hydrogen-bond donors (Lipinski definition) is 2. The average Bonchev–Trinajstić information content (AvgIpc) is 3.10. The minimum atomic E-state index is -1.00. The first kappa shape index (κ1) is 13.2. The first-order chi connectivity index (χ1) is 10.2. The SMILES string of the molecule is CCc1cnc(CNc2nc3ccc(C(=O)O)cc3o2)o1. The lowest BCUT2D eigenvalue weighted by Crippen LogP contribution is -1.99. The zero-order valence-electron chi connectivity index (χ0n) is 11.3. The Labute approximate surface area is 119 Å². The quantitative estimate of drug-likeness (QED) is 0.743. The van der Waals surface area contributed by atoms with Gasteiger partial charge in [0.1, 0.15) is 11.3 Å². The van der Waals surface area contributed by atoms with Gasteiger partial charge in [-0.25, -0.2) is 9.78 Å². The molecule has 1 aromatic carbocycles. The highest BCUT2D eigenvalue weighted by molar-refractivity contribution is 5.92. The number of aromatic nitrogens is 2. The monoisotopic (exact) mass is 287 g/mol. The van der Waals surface area contributed by atoms with Crippen molar-refractivity contribution in [3.05, 3.63) is 41.6 Å². The number of nitrogens with one attached hydrogen (secondary N) is 1. The molecule has 7 heteroatoms. The molecule has 108 valence electrons. The molecular weight excluding hydrogens is 274 g/mol. The molecule has 3 rings (SSSR count). The molecule has 0 aliphatic heterocycles. The van der Waals surface area contributed by atoms with E-state index in [1.165, 1.54) is 12.1 Å². The highest BCUT2D eigenvalue weighted by Crippen LogP contribution is 2.20. The molecular formula is C14H13N3O4. The number of benzene rings is 1. The summed E-state index contributed by atoms with van der Waals surface area (Å²) in [4.78, 5) is 19.2. The van der Waals surface area contributed by atoms with Crippen molar-refractivity contribution in [2.75, 3.05) is 5.32 Å². The molecule has 0 spiro atoms. The van der Waals surface area contributed by atoms with E-state index >= 15 is 0 Å². The Morgan fingerprint density at radius 2 is 2.24 bits per heavy atom. The van der Waals surface area contributed by atoms with Crippen LogP contribution >= 0.6 is 0 Å². The summed E-state index contributed by atoms with van der Waals surface area (Å²) in [6.07, 6.45) is 2.47. The lowest BCUT2D eigenvalue weighted by Gasteiger charge is -1.96. The normalized spacial score (nSPS) is 10.9. The van der Waals surface area contributed by atoms with Crippen molar-refractivity contribution in [2.45, 2.75) is 19.9 Å². The molecule has 0 bridgehead atoms. The largest absolute Gasteiger partial charge is 0.478 e. The fourth-order valence-corrected chi connectivity index (χ4v) is 1.88. The summed E-state index contributed by atoms with van der Waals surface area (Å²) in [7, 11) is 0. The molecule has 0 aliphatic rings. The van der Waals surface area contributed by atoms with Gasteiger partial charge in [0, 0.05) is 6.42 Å². The lowest BCUT2D eigenvalue weighted by atomic mass is 10.2. The number of fused-ring (bicyclic) bond motifs is 1. The molecule has 3 aromatic rings. The smallest absolute Gasteiger partial charge is 0.335 e. The Kier molecular flexibility index (Phi) is 3.31. The van der Waals surface area contributed by atoms with Crippen LogP contribution < -0.4 is 5.32 Å². The number of rotatable bonds is 5. The van der Waals surface area contributed by atoms with Crippen LogP contribution in [0.15, 0.2) is 33.2 Å². The molecule has 0 radical (unpaired) electrons. The van der Waals surface area contributed by atoms with Gasteiger partial charge in [-0.05, 0) is 18.2 Å². The van der Waals surface area contributed by atoms with E-state index in [0.717, 1.165) is 12.2 Å². The molecule has 0 aliphatic carbocycles. The number of aromatic carboxylic acids is 1. The second kappa shape index (κ2) is 5.28. The number of carboxylic acid groups (broad SMARTS) is 1. The molecule has 21 heavy (non-hydrogen) atoms. The molecule has 0 amide bonds. The maximum atomic E-state index is 10.9. The minimum absolute atomic E-state index is 0.158. The van der Waals surface area contributed by atoms with E-state index in [0.29, 0.717) is 29.5 Å². The van der Waals surface area contributed by atoms with E-state index in [9.17, 15) is 4.79 Å². The van der Waals surface area contributed by atoms with Crippen LogP contribution in [0.2, 0.25) is 0 Å². The van der Waals surface area contributed by atoms with E-state index in [-0.39, 0.29) is 5.56 Å². The zero-order chi connectivity index (χ0) is 14.8. The summed E-state index contributed by atoms with van der Waals surface area (Å²) in [5.74, 6) is 0.352. The van der Waals surface area contributed by atoms with Gasteiger partial charge in [-0.15, -0.1) is 0 Å². The van der Waals surface area contributed by atoms with Crippen LogP contribution in [0.1, 0.15) is 28.9 Å². The topological polar surface area (TPSA) is 101 Å². The van der Waals surface area contributed by atoms with Crippen LogP contribution in [-0.2, 0) is 13.0 Å². The molecule has 0 saturated carbocycles. The van der Waals surface area contributed by atoms with Crippen LogP contribution in [0.4, 0.5) is 6.01 Å². The number of anilines is 1. The summed E-state index contributed by atoms with van der Waals surface area (Å²) >= 11 is 0. The van der Waals surface area contributed by atoms with Crippen molar-refractivity contribution >= 4 is 23.1 Å². The molecule has 7 nitrogen and oxygen atoms in total. The second-order valence-electron chi connectivity index (χ2n) is 4.43. The molecule has 0 unspecified atom stereocenters. The van der Waals surface area contributed by atoms with Crippen molar-refractivity contribution in [3.63, 3.8) is 0 Å². The second-order valence-corrected chi connectivity index (χ2v) is 4.43. The van der Waals surface area contributed by atoms with Gasteiger partial charge < -0.3 is 19.3 Å². The Hall–Kier alpha value is -2.83. The number of nitrogens with zero attached hydrogens (tertiary/aromatic N) is 2. The van der Waals surface area contributed by atoms with Crippen LogP contribution in [0.5, 0.6) is 0 Å². The van der Waals surface area contributed by atoms with E-state index in [1.807, 2.05) is 6.92 Å². The van der Waals surface area contributed by atoms with Crippen LogP contribution in [0, 0.1) is 0 Å². The fourth-order valence-electron chi connectivity index (χ4n) is 1.88. The van der Waals surface area contributed by atoms with E-state index in [2.05, 4.69) is 15.3 Å². The molecule has 2 aromatic heterocycles. The summed E-state index contributed by atoms with van der Waals surface area (Å²) < 4.78 is 10.9. The number of oxazole rings is 2. The van der Waals surface area contributed by atoms with Crippen LogP contribution in [0.3, 0.4) is 0 Å². The van der Waals surface area contributed by atoms with Gasteiger partial charge in [0.25, 0.3) is 6.01 Å². The van der Waals surface area contributed by atoms with Gasteiger partial charge in [0.2, 0.25) is 5.89 Å². The van der Waals surface area contributed by atoms with E-state index in [4.69, 9.17) is 13.9 Å². The third-order valence-corrected chi connectivity index (χ3v) is 2.98. The third kappa shape index (κ3) is 2.71. The summed E-state index contributed by atoms with van der Waals surface area (Å²) in [5, 5.41) is 11.9. The Morgan fingerprint density at radius 3 is 2.95 bits per heavy atom. The lowest BCUT2D eigenvalue weighted by molar-refractivity contribution is 0.0697. The van der Waals surface area contributed by atoms with Crippen molar-refractivity contribution in [1.82, 2.24) is 9.97 Å². The Balaban J connectivity index is 1.76. The third-order valence-electron chi connectivity index (χ3n) is 2.98. The molecule has 0 fully saturated rings. The number of carboxylic acids is 1. The van der Waals surface area contributed by atoms with Crippen molar-refractivity contribution in [1.29, 1.82) is 0 Å². The van der Waals surface area contributed by atoms with Crippen LogP contribution in [0.25, 0.3) is 11.1 Å². The van der Waals surface area contributed by atoms with Gasteiger partial charge in [-0.2, -0.15) is 4.98 Å². The zero-order valence-corrected chi connectivity index (χ0v) is 11.3. The van der Waals surface area contributed by atoms with Gasteiger partial charge in [0.15, 0.2) is 5.58 Å². The fraction of sp³-hybridized carbons (Fsp3) is 0.214. The first-order valence-corrected chi connectivity index (χ1v) is 6.47. The number of aryl methyl sites for hydroxylation is 1. The van der Waals surface area contributed by atoms with Gasteiger partial charge >= 0.3 is 5.97 Å². The Morgan fingerprint density at radius 1 is 1.38 bits per heavy atom. The van der Waals surface area contributed by atoms with Crippen molar-refractivity contribution < 1.29 is 18.7 Å². The average molecular weight is 287 g/mol. The van der Waals surface area contributed by atoms with E-state index < -0.39 is 5.97 Å². The summed E-state index contributed by atoms with van der Waals surface area (Å²) in [6.45, 7) is 2.33. The standard InChI is InChI=1S/C14H13N3O4/c1-2-9-6-15-12(20-9)7-16-14-17-10-4-3-8(13(18)19)5-11(10)21-14/h3-6H,2,7H2,1H3,(H,16,17)(H,18,19). The summed E-state index contributed by atoms with van der Waals surface area (Å²) in [6, 6.07) is 4.83. The first-order valence-electron chi connectivity index (χ1n) is 6.47. The summed E-state index contributed by atoms with van der Waals surface area (Å²) in [5.41, 5.74) is 1.16. The number of hydrogen-bond acceptors (Lipinski definition) is 6. The predicted octanol–water partition coefficient (Wildman–Crippen LogP) is 2.69. The predicted molar refractivity (Wildman–Crippen MR) is 74.2 cm³/mol. The highest BCUT2D eigenvalue weighted by atomic mass is 16.4. The minimum Gasteiger partial charge on any atom is -0.478 e. The van der Waals surface area contributed by atoms with E-state index in [1.54, 1.807) is 12.3 Å². The molecule has 2 heterocycles. The maximum Gasteiger partial charge on any atom is 0.335 e.